The summed E-state index contributed by atoms with van der Waals surface area (Å²) in [6, 6.07) is 0. The number of nitrogens with zero attached hydrogens (tertiary/aromatic N) is 3. The second kappa shape index (κ2) is 6.12. The van der Waals surface area contributed by atoms with Crippen molar-refractivity contribution in [3.63, 3.8) is 0 Å². The van der Waals surface area contributed by atoms with Crippen LogP contribution in [0.3, 0.4) is 0 Å². The molecule has 0 spiro atoms. The van der Waals surface area contributed by atoms with E-state index >= 15 is 0 Å². The lowest BCUT2D eigenvalue weighted by molar-refractivity contribution is 0.314. The van der Waals surface area contributed by atoms with Gasteiger partial charge in [0, 0.05) is 25.2 Å². The summed E-state index contributed by atoms with van der Waals surface area (Å²) >= 11 is 0. The zero-order valence-corrected chi connectivity index (χ0v) is 9.72. The maximum Gasteiger partial charge on any atom is 0.143 e. The minimum Gasteiger partial charge on any atom is -0.409 e. The number of aromatic nitrogens is 2. The van der Waals surface area contributed by atoms with Crippen LogP contribution in [0, 0.1) is 12.8 Å². The third kappa shape index (κ3) is 3.90. The molecule has 1 rings (SSSR count). The Labute approximate surface area is 95.1 Å². The molecular weight excluding hydrogens is 206 g/mol. The van der Waals surface area contributed by atoms with Gasteiger partial charge in [0.1, 0.15) is 5.84 Å². The fraction of sp³-hybridized carbons (Fsp3) is 0.600. The van der Waals surface area contributed by atoms with Crippen molar-refractivity contribution in [2.75, 3.05) is 13.1 Å². The van der Waals surface area contributed by atoms with Crippen LogP contribution in [0.5, 0.6) is 0 Å². The van der Waals surface area contributed by atoms with Crippen LogP contribution in [-0.2, 0) is 6.54 Å². The Hall–Kier alpha value is -1.56. The lowest BCUT2D eigenvalue weighted by Gasteiger charge is -2.10. The van der Waals surface area contributed by atoms with Gasteiger partial charge >= 0.3 is 0 Å². The third-order valence-corrected chi connectivity index (χ3v) is 2.35. The highest BCUT2D eigenvalue weighted by molar-refractivity contribution is 5.82. The highest BCUT2D eigenvalue weighted by atomic mass is 16.4. The van der Waals surface area contributed by atoms with Crippen molar-refractivity contribution in [2.45, 2.75) is 20.4 Å². The van der Waals surface area contributed by atoms with Crippen molar-refractivity contribution in [3.8, 4) is 0 Å². The number of rotatable bonds is 6. The fourth-order valence-electron chi connectivity index (χ4n) is 1.30. The summed E-state index contributed by atoms with van der Waals surface area (Å²) in [4.78, 5) is 0. The Morgan fingerprint density at radius 3 is 3.06 bits per heavy atom. The summed E-state index contributed by atoms with van der Waals surface area (Å²) in [5, 5.41) is 18.8. The molecule has 1 unspecified atom stereocenters. The Bertz CT molecular complexity index is 347. The molecule has 0 bridgehead atoms. The van der Waals surface area contributed by atoms with Gasteiger partial charge in [-0.25, -0.2) is 0 Å². The molecule has 0 amide bonds. The van der Waals surface area contributed by atoms with Crippen LogP contribution in [0.4, 0.5) is 0 Å². The fourth-order valence-corrected chi connectivity index (χ4v) is 1.30. The Morgan fingerprint density at radius 1 is 1.75 bits per heavy atom. The number of nitrogens with two attached hydrogens (primary N) is 1. The van der Waals surface area contributed by atoms with Crippen molar-refractivity contribution in [1.29, 1.82) is 0 Å². The van der Waals surface area contributed by atoms with E-state index in [1.807, 2.05) is 30.9 Å². The van der Waals surface area contributed by atoms with E-state index in [4.69, 9.17) is 10.9 Å². The average Bonchev–Trinajstić information content (AvgIpc) is 2.69. The molecule has 1 heterocycles. The van der Waals surface area contributed by atoms with Crippen molar-refractivity contribution < 1.29 is 5.21 Å². The molecule has 16 heavy (non-hydrogen) atoms. The summed E-state index contributed by atoms with van der Waals surface area (Å²) in [5.74, 6) is 0.284. The van der Waals surface area contributed by atoms with Gasteiger partial charge in [-0.3, -0.25) is 4.68 Å². The van der Waals surface area contributed by atoms with Gasteiger partial charge in [-0.2, -0.15) is 5.10 Å². The Balaban J connectivity index is 2.17. The van der Waals surface area contributed by atoms with Crippen molar-refractivity contribution in [3.05, 3.63) is 18.0 Å². The topological polar surface area (TPSA) is 88.5 Å². The molecule has 1 aromatic heterocycles. The monoisotopic (exact) mass is 225 g/mol. The smallest absolute Gasteiger partial charge is 0.143 e. The number of nitrogens with one attached hydrogen (secondary N) is 1. The normalized spacial score (nSPS) is 14.0. The first-order chi connectivity index (χ1) is 7.63. The van der Waals surface area contributed by atoms with Gasteiger partial charge in [-0.1, -0.05) is 12.1 Å². The molecule has 0 saturated carbocycles. The van der Waals surface area contributed by atoms with E-state index in [1.54, 1.807) is 0 Å². The number of hydrogen-bond donors (Lipinski definition) is 3. The standard InChI is InChI=1S/C10H19N5O/c1-8-5-13-15(7-8)4-3-12-6-9(2)10(11)14-16/h5,7,9,12,16H,3-4,6H2,1-2H3,(H2,11,14). The van der Waals surface area contributed by atoms with E-state index < -0.39 is 0 Å². The minimum absolute atomic E-state index is 0.0318. The van der Waals surface area contributed by atoms with E-state index in [0.29, 0.717) is 6.54 Å². The first-order valence-electron chi connectivity index (χ1n) is 5.30. The predicted molar refractivity (Wildman–Crippen MR) is 62.4 cm³/mol. The van der Waals surface area contributed by atoms with Crippen molar-refractivity contribution in [2.24, 2.45) is 16.8 Å². The molecule has 1 aromatic rings. The summed E-state index contributed by atoms with van der Waals surface area (Å²) in [6.07, 6.45) is 3.83. The third-order valence-electron chi connectivity index (χ3n) is 2.35. The number of oxime groups is 1. The van der Waals surface area contributed by atoms with E-state index in [9.17, 15) is 0 Å². The lowest BCUT2D eigenvalue weighted by atomic mass is 10.1. The molecule has 0 saturated heterocycles. The lowest BCUT2D eigenvalue weighted by Crippen LogP contribution is -2.32. The second-order valence-corrected chi connectivity index (χ2v) is 3.91. The summed E-state index contributed by atoms with van der Waals surface area (Å²) in [6.45, 7) is 6.23. The second-order valence-electron chi connectivity index (χ2n) is 3.91. The Kier molecular flexibility index (Phi) is 4.78. The van der Waals surface area contributed by atoms with Gasteiger partial charge < -0.3 is 16.3 Å². The number of amidine groups is 1. The predicted octanol–water partition coefficient (Wildman–Crippen LogP) is 0.164. The molecular formula is C10H19N5O. The molecule has 6 heteroatoms. The molecule has 0 radical (unpaired) electrons. The van der Waals surface area contributed by atoms with Crippen LogP contribution in [0.15, 0.2) is 17.5 Å². The van der Waals surface area contributed by atoms with Gasteiger partial charge in [0.25, 0.3) is 0 Å². The van der Waals surface area contributed by atoms with E-state index in [1.165, 1.54) is 0 Å². The molecule has 90 valence electrons. The summed E-state index contributed by atoms with van der Waals surface area (Å²) < 4.78 is 1.89. The van der Waals surface area contributed by atoms with Crippen LogP contribution in [0.1, 0.15) is 12.5 Å². The molecule has 4 N–H and O–H groups in total. The maximum atomic E-state index is 8.46. The van der Waals surface area contributed by atoms with Gasteiger partial charge in [0.05, 0.1) is 12.7 Å². The van der Waals surface area contributed by atoms with Gasteiger partial charge in [0.2, 0.25) is 0 Å². The first-order valence-corrected chi connectivity index (χ1v) is 5.30. The van der Waals surface area contributed by atoms with Crippen LogP contribution < -0.4 is 11.1 Å². The van der Waals surface area contributed by atoms with Crippen molar-refractivity contribution in [1.82, 2.24) is 15.1 Å². The minimum atomic E-state index is 0.0318. The molecule has 0 aliphatic carbocycles. The quantitative estimate of drug-likeness (QED) is 0.212. The summed E-state index contributed by atoms with van der Waals surface area (Å²) in [7, 11) is 0. The van der Waals surface area contributed by atoms with Crippen LogP contribution in [-0.4, -0.2) is 33.9 Å². The zero-order valence-electron chi connectivity index (χ0n) is 9.72. The molecule has 1 atom stereocenters. The first kappa shape index (κ1) is 12.5. The summed E-state index contributed by atoms with van der Waals surface area (Å²) in [5.41, 5.74) is 6.61. The molecule has 0 aliphatic heterocycles. The van der Waals surface area contributed by atoms with Crippen molar-refractivity contribution >= 4 is 5.84 Å². The highest BCUT2D eigenvalue weighted by Gasteiger charge is 2.06. The molecule has 0 aliphatic rings. The van der Waals surface area contributed by atoms with E-state index in [0.717, 1.165) is 18.7 Å². The maximum absolute atomic E-state index is 8.46. The van der Waals surface area contributed by atoms with E-state index in [-0.39, 0.29) is 11.8 Å². The average molecular weight is 225 g/mol. The number of aryl methyl sites for hydroxylation is 1. The van der Waals surface area contributed by atoms with Crippen LogP contribution in [0.2, 0.25) is 0 Å². The van der Waals surface area contributed by atoms with Crippen LogP contribution >= 0.6 is 0 Å². The van der Waals surface area contributed by atoms with Gasteiger partial charge in [-0.15, -0.1) is 0 Å². The van der Waals surface area contributed by atoms with Gasteiger partial charge in [0.15, 0.2) is 0 Å². The zero-order chi connectivity index (χ0) is 12.0. The molecule has 0 fully saturated rings. The highest BCUT2D eigenvalue weighted by Crippen LogP contribution is 1.94. The number of hydrogen-bond acceptors (Lipinski definition) is 4. The molecule has 6 nitrogen and oxygen atoms in total. The molecule has 0 aromatic carbocycles. The Morgan fingerprint density at radius 2 is 2.50 bits per heavy atom. The van der Waals surface area contributed by atoms with Crippen LogP contribution in [0.25, 0.3) is 0 Å². The van der Waals surface area contributed by atoms with Gasteiger partial charge in [-0.05, 0) is 12.5 Å². The SMILES string of the molecule is Cc1cnn(CCNCC(C)/C(N)=N/O)c1. The largest absolute Gasteiger partial charge is 0.409 e. The van der Waals surface area contributed by atoms with E-state index in [2.05, 4.69) is 15.6 Å².